The Hall–Kier alpha value is -2.83. The monoisotopic (exact) mass is 403 g/mol. The van der Waals surface area contributed by atoms with Crippen LogP contribution in [0.1, 0.15) is 5.69 Å². The number of aryl methyl sites for hydroxylation is 1. The number of anilines is 1. The van der Waals surface area contributed by atoms with Crippen LogP contribution in [0, 0.1) is 6.92 Å². The van der Waals surface area contributed by atoms with E-state index in [4.69, 9.17) is 27.9 Å². The van der Waals surface area contributed by atoms with Gasteiger partial charge in [-0.25, -0.2) is 4.98 Å². The lowest BCUT2D eigenvalue weighted by molar-refractivity contribution is -0.118. The van der Waals surface area contributed by atoms with E-state index in [1.165, 1.54) is 12.1 Å². The molecule has 0 fully saturated rings. The van der Waals surface area contributed by atoms with Crippen molar-refractivity contribution in [1.82, 2.24) is 9.97 Å². The van der Waals surface area contributed by atoms with Crippen molar-refractivity contribution in [2.45, 2.75) is 6.92 Å². The Morgan fingerprint density at radius 3 is 2.78 bits per heavy atom. The molecule has 3 aromatic rings. The van der Waals surface area contributed by atoms with E-state index in [1.54, 1.807) is 43.3 Å². The van der Waals surface area contributed by atoms with Crippen LogP contribution in [0.5, 0.6) is 5.75 Å². The summed E-state index contributed by atoms with van der Waals surface area (Å²) in [6.45, 7) is 1.51. The molecule has 0 atom stereocenters. The van der Waals surface area contributed by atoms with E-state index in [9.17, 15) is 9.59 Å². The highest BCUT2D eigenvalue weighted by molar-refractivity contribution is 6.34. The topological polar surface area (TPSA) is 84.1 Å². The Balaban J connectivity index is 1.69. The number of carbonyl (C=O) groups is 1. The Bertz CT molecular complexity index is 1050. The first-order chi connectivity index (χ1) is 12.9. The highest BCUT2D eigenvalue weighted by atomic mass is 35.5. The summed E-state index contributed by atoms with van der Waals surface area (Å²) in [5.74, 6) is 0.390. The number of hydrogen-bond acceptors (Lipinski definition) is 4. The maximum atomic E-state index is 12.2. The molecule has 6 nitrogen and oxygen atoms in total. The lowest BCUT2D eigenvalue weighted by Crippen LogP contribution is -2.20. The first kappa shape index (κ1) is 18.9. The van der Waals surface area contributed by atoms with Crippen LogP contribution >= 0.6 is 23.2 Å². The van der Waals surface area contributed by atoms with Gasteiger partial charge in [-0.3, -0.25) is 9.59 Å². The fraction of sp³-hybridized carbons (Fsp3) is 0.105. The van der Waals surface area contributed by atoms with Gasteiger partial charge in [0.05, 0.1) is 5.02 Å². The van der Waals surface area contributed by atoms with Crippen molar-refractivity contribution in [3.8, 4) is 17.1 Å². The van der Waals surface area contributed by atoms with E-state index in [-0.39, 0.29) is 18.1 Å². The van der Waals surface area contributed by atoms with Gasteiger partial charge in [0.1, 0.15) is 11.6 Å². The number of rotatable bonds is 5. The zero-order chi connectivity index (χ0) is 19.4. The molecule has 27 heavy (non-hydrogen) atoms. The third kappa shape index (κ3) is 5.09. The Labute approximate surface area is 165 Å². The summed E-state index contributed by atoms with van der Waals surface area (Å²) in [6.07, 6.45) is 0. The van der Waals surface area contributed by atoms with E-state index < -0.39 is 0 Å². The van der Waals surface area contributed by atoms with E-state index in [0.29, 0.717) is 38.6 Å². The summed E-state index contributed by atoms with van der Waals surface area (Å²) in [4.78, 5) is 30.7. The molecule has 0 saturated heterocycles. The molecule has 0 spiro atoms. The number of hydrogen-bond donors (Lipinski definition) is 2. The number of H-pyrrole nitrogens is 1. The summed E-state index contributed by atoms with van der Waals surface area (Å²) < 4.78 is 5.41. The molecule has 0 unspecified atom stereocenters. The molecule has 1 aromatic heterocycles. The van der Waals surface area contributed by atoms with Crippen molar-refractivity contribution in [1.29, 1.82) is 0 Å². The number of aromatic amines is 1. The third-order valence-corrected chi connectivity index (χ3v) is 4.09. The fourth-order valence-corrected chi connectivity index (χ4v) is 2.72. The van der Waals surface area contributed by atoms with Crippen LogP contribution in [0.25, 0.3) is 11.4 Å². The molecule has 1 heterocycles. The summed E-state index contributed by atoms with van der Waals surface area (Å²) in [6, 6.07) is 13.1. The predicted octanol–water partition coefficient (Wildman–Crippen LogP) is 4.07. The molecule has 2 aromatic carbocycles. The minimum absolute atomic E-state index is 0.232. The molecule has 2 N–H and O–H groups in total. The molecule has 0 radical (unpaired) electrons. The second-order valence-corrected chi connectivity index (χ2v) is 6.57. The van der Waals surface area contributed by atoms with Crippen LogP contribution in [0.4, 0.5) is 5.69 Å². The standard InChI is InChI=1S/C19H15Cl2N3O3/c1-11-7-17(25)24-19(22-11)12-3-2-4-14(8-12)23-18(26)10-27-16-9-13(20)5-6-15(16)21/h2-9H,10H2,1H3,(H,23,26)(H,22,24,25). The van der Waals surface area contributed by atoms with Crippen LogP contribution in [0.2, 0.25) is 10.0 Å². The molecule has 0 aliphatic heterocycles. The molecule has 8 heteroatoms. The number of benzene rings is 2. The van der Waals surface area contributed by atoms with Crippen LogP contribution in [0.3, 0.4) is 0 Å². The lowest BCUT2D eigenvalue weighted by atomic mass is 10.2. The van der Waals surface area contributed by atoms with E-state index in [2.05, 4.69) is 15.3 Å². The number of carbonyl (C=O) groups excluding carboxylic acids is 1. The van der Waals surface area contributed by atoms with Gasteiger partial charge in [-0.2, -0.15) is 0 Å². The number of halogens is 2. The van der Waals surface area contributed by atoms with E-state index >= 15 is 0 Å². The van der Waals surface area contributed by atoms with Crippen molar-refractivity contribution in [3.05, 3.63) is 74.6 Å². The number of nitrogens with one attached hydrogen (secondary N) is 2. The number of nitrogens with zero attached hydrogens (tertiary/aromatic N) is 1. The maximum Gasteiger partial charge on any atom is 0.262 e. The van der Waals surface area contributed by atoms with Crippen molar-refractivity contribution in [2.75, 3.05) is 11.9 Å². The molecule has 0 saturated carbocycles. The van der Waals surface area contributed by atoms with Crippen molar-refractivity contribution in [3.63, 3.8) is 0 Å². The van der Waals surface area contributed by atoms with Crippen molar-refractivity contribution < 1.29 is 9.53 Å². The van der Waals surface area contributed by atoms with Gasteiger partial charge >= 0.3 is 0 Å². The van der Waals surface area contributed by atoms with Gasteiger partial charge < -0.3 is 15.0 Å². The van der Waals surface area contributed by atoms with Gasteiger partial charge in [-0.05, 0) is 31.2 Å². The zero-order valence-electron chi connectivity index (χ0n) is 14.3. The van der Waals surface area contributed by atoms with Crippen molar-refractivity contribution >= 4 is 34.8 Å². The summed E-state index contributed by atoms with van der Waals surface area (Å²) >= 11 is 11.9. The average Bonchev–Trinajstić information content (AvgIpc) is 2.62. The van der Waals surface area contributed by atoms with Crippen molar-refractivity contribution in [2.24, 2.45) is 0 Å². The zero-order valence-corrected chi connectivity index (χ0v) is 15.8. The normalized spacial score (nSPS) is 10.5. The van der Waals surface area contributed by atoms with Gasteiger partial charge in [0.15, 0.2) is 6.61 Å². The fourth-order valence-electron chi connectivity index (χ4n) is 2.39. The highest BCUT2D eigenvalue weighted by Crippen LogP contribution is 2.27. The first-order valence-corrected chi connectivity index (χ1v) is 8.72. The number of ether oxygens (including phenoxy) is 1. The predicted molar refractivity (Wildman–Crippen MR) is 106 cm³/mol. The number of amides is 1. The number of aromatic nitrogens is 2. The van der Waals surface area contributed by atoms with Crippen LogP contribution < -0.4 is 15.6 Å². The molecule has 3 rings (SSSR count). The maximum absolute atomic E-state index is 12.2. The Morgan fingerprint density at radius 2 is 2.00 bits per heavy atom. The van der Waals surface area contributed by atoms with Crippen LogP contribution in [-0.4, -0.2) is 22.5 Å². The summed E-state index contributed by atoms with van der Waals surface area (Å²) in [5.41, 5.74) is 1.59. The smallest absolute Gasteiger partial charge is 0.262 e. The molecular weight excluding hydrogens is 389 g/mol. The van der Waals surface area contributed by atoms with E-state index in [1.807, 2.05) is 0 Å². The molecule has 0 aliphatic carbocycles. The second-order valence-electron chi connectivity index (χ2n) is 5.73. The minimum atomic E-state index is -0.367. The minimum Gasteiger partial charge on any atom is -0.482 e. The SMILES string of the molecule is Cc1cc(=O)[nH]c(-c2cccc(NC(=O)COc3cc(Cl)ccc3Cl)c2)n1. The highest BCUT2D eigenvalue weighted by Gasteiger charge is 2.09. The lowest BCUT2D eigenvalue weighted by Gasteiger charge is -2.10. The second kappa shape index (κ2) is 8.24. The average molecular weight is 404 g/mol. The van der Waals surface area contributed by atoms with Gasteiger partial charge in [-0.1, -0.05) is 35.3 Å². The van der Waals surface area contributed by atoms with Gasteiger partial charge in [-0.15, -0.1) is 0 Å². The molecule has 138 valence electrons. The first-order valence-electron chi connectivity index (χ1n) is 7.97. The van der Waals surface area contributed by atoms with Gasteiger partial charge in [0, 0.05) is 34.1 Å². The van der Waals surface area contributed by atoms with Crippen LogP contribution in [0.15, 0.2) is 53.3 Å². The molecule has 0 bridgehead atoms. The largest absolute Gasteiger partial charge is 0.482 e. The quantitative estimate of drug-likeness (QED) is 0.672. The summed E-state index contributed by atoms with van der Waals surface area (Å²) in [5, 5.41) is 3.55. The third-order valence-electron chi connectivity index (χ3n) is 3.54. The van der Waals surface area contributed by atoms with Gasteiger partial charge in [0.2, 0.25) is 0 Å². The van der Waals surface area contributed by atoms with E-state index in [0.717, 1.165) is 0 Å². The molecular formula is C19H15Cl2N3O3. The Morgan fingerprint density at radius 1 is 1.19 bits per heavy atom. The molecule has 1 amide bonds. The van der Waals surface area contributed by atoms with Crippen LogP contribution in [-0.2, 0) is 4.79 Å². The summed E-state index contributed by atoms with van der Waals surface area (Å²) in [7, 11) is 0. The molecule has 0 aliphatic rings. The Kier molecular flexibility index (Phi) is 5.78. The van der Waals surface area contributed by atoms with Gasteiger partial charge in [0.25, 0.3) is 11.5 Å².